The van der Waals surface area contributed by atoms with Gasteiger partial charge in [0.15, 0.2) is 10.8 Å². The Morgan fingerprint density at radius 1 is 1.41 bits per heavy atom. The summed E-state index contributed by atoms with van der Waals surface area (Å²) in [5.74, 6) is -3.70. The SMILES string of the molecule is CC(=O)NCCSC1C(NC(=O)/C(=N/OC(C)(C)C(=O)O)c2csc(N)n2)C(=O)N1S(=O)(=O)O. The second kappa shape index (κ2) is 10.5. The Kier molecular flexibility index (Phi) is 8.45. The highest BCUT2D eigenvalue weighted by Crippen LogP contribution is 2.32. The summed E-state index contributed by atoms with van der Waals surface area (Å²) in [4.78, 5) is 56.4. The lowest BCUT2D eigenvalue weighted by molar-refractivity contribution is -0.161. The highest BCUT2D eigenvalue weighted by Gasteiger charge is 2.54. The average Bonchev–Trinajstić information content (AvgIpc) is 3.12. The molecule has 0 saturated carbocycles. The first-order valence-corrected chi connectivity index (χ1v) is 12.7. The fraction of sp³-hybridized carbons (Fsp3) is 0.500. The van der Waals surface area contributed by atoms with Crippen LogP contribution in [0.4, 0.5) is 5.13 Å². The zero-order valence-electron chi connectivity index (χ0n) is 18.0. The highest BCUT2D eigenvalue weighted by molar-refractivity contribution is 8.00. The fourth-order valence-electron chi connectivity index (χ4n) is 2.40. The number of rotatable bonds is 11. The molecule has 2 heterocycles. The van der Waals surface area contributed by atoms with E-state index in [4.69, 9.17) is 10.6 Å². The predicted octanol–water partition coefficient (Wildman–Crippen LogP) is -1.37. The van der Waals surface area contributed by atoms with Crippen LogP contribution in [0.15, 0.2) is 10.5 Å². The lowest BCUT2D eigenvalue weighted by atomic mass is 10.1. The molecule has 1 aliphatic rings. The van der Waals surface area contributed by atoms with E-state index in [9.17, 15) is 37.3 Å². The van der Waals surface area contributed by atoms with E-state index < -0.39 is 50.8 Å². The summed E-state index contributed by atoms with van der Waals surface area (Å²) in [5.41, 5.74) is 3.18. The summed E-state index contributed by atoms with van der Waals surface area (Å²) in [6, 6.07) is -1.40. The topological polar surface area (TPSA) is 231 Å². The van der Waals surface area contributed by atoms with Crippen molar-refractivity contribution in [3.8, 4) is 0 Å². The molecule has 1 aromatic rings. The minimum Gasteiger partial charge on any atom is -0.478 e. The van der Waals surface area contributed by atoms with Crippen molar-refractivity contribution in [2.75, 3.05) is 18.0 Å². The normalized spacial score (nSPS) is 18.8. The number of aromatic nitrogens is 1. The lowest BCUT2D eigenvalue weighted by Gasteiger charge is -2.43. The van der Waals surface area contributed by atoms with E-state index in [0.717, 1.165) is 23.1 Å². The second-order valence-corrected chi connectivity index (χ2v) is 10.6. The van der Waals surface area contributed by atoms with Gasteiger partial charge in [-0.05, 0) is 13.8 Å². The molecule has 0 radical (unpaired) electrons. The van der Waals surface area contributed by atoms with Gasteiger partial charge in [0.25, 0.3) is 11.8 Å². The number of anilines is 1. The molecule has 18 heteroatoms. The Balaban J connectivity index is 2.26. The Bertz CT molecular complexity index is 1120. The highest BCUT2D eigenvalue weighted by atomic mass is 32.2. The number of oxime groups is 1. The van der Waals surface area contributed by atoms with Crippen molar-refractivity contribution in [3.05, 3.63) is 11.1 Å². The molecule has 188 valence electrons. The zero-order chi connectivity index (χ0) is 25.8. The first kappa shape index (κ1) is 27.3. The molecule has 6 N–H and O–H groups in total. The van der Waals surface area contributed by atoms with Gasteiger partial charge in [0.05, 0.1) is 0 Å². The maximum Gasteiger partial charge on any atom is 0.363 e. The van der Waals surface area contributed by atoms with E-state index in [-0.39, 0.29) is 33.3 Å². The summed E-state index contributed by atoms with van der Waals surface area (Å²) < 4.78 is 32.7. The van der Waals surface area contributed by atoms with Crippen LogP contribution in [0, 0.1) is 0 Å². The Morgan fingerprint density at radius 2 is 2.06 bits per heavy atom. The molecule has 1 aliphatic heterocycles. The molecule has 1 fully saturated rings. The van der Waals surface area contributed by atoms with Gasteiger partial charge in [-0.3, -0.25) is 18.9 Å². The van der Waals surface area contributed by atoms with E-state index in [1.807, 2.05) is 0 Å². The Hall–Kier alpha value is -2.96. The molecule has 1 saturated heterocycles. The van der Waals surface area contributed by atoms with E-state index in [1.54, 1.807) is 0 Å². The molecule has 2 atom stereocenters. The number of nitrogens with zero attached hydrogens (tertiary/aromatic N) is 3. The number of nitrogen functional groups attached to an aromatic ring is 1. The van der Waals surface area contributed by atoms with E-state index in [2.05, 4.69) is 20.8 Å². The minimum atomic E-state index is -4.92. The van der Waals surface area contributed by atoms with Gasteiger partial charge < -0.3 is 26.3 Å². The van der Waals surface area contributed by atoms with Gasteiger partial charge in [-0.1, -0.05) is 5.16 Å². The van der Waals surface area contributed by atoms with Crippen molar-refractivity contribution in [1.29, 1.82) is 0 Å². The summed E-state index contributed by atoms with van der Waals surface area (Å²) in [6.45, 7) is 3.79. The van der Waals surface area contributed by atoms with Gasteiger partial charge in [0, 0.05) is 24.6 Å². The van der Waals surface area contributed by atoms with Crippen molar-refractivity contribution < 1.29 is 42.1 Å². The third-order valence-electron chi connectivity index (χ3n) is 4.16. The van der Waals surface area contributed by atoms with Crippen LogP contribution in [-0.2, 0) is 34.3 Å². The first-order valence-electron chi connectivity index (χ1n) is 9.33. The number of hydrogen-bond acceptors (Lipinski definition) is 12. The van der Waals surface area contributed by atoms with E-state index in [1.165, 1.54) is 26.2 Å². The molecule has 0 aliphatic carbocycles. The Labute approximate surface area is 202 Å². The number of β-lactam (4-membered cyclic amide) rings is 1. The number of nitrogens with one attached hydrogen (secondary N) is 2. The van der Waals surface area contributed by atoms with Crippen LogP contribution in [-0.4, -0.2) is 86.1 Å². The zero-order valence-corrected chi connectivity index (χ0v) is 20.5. The third-order valence-corrected chi connectivity index (χ3v) is 7.14. The minimum absolute atomic E-state index is 0.0664. The average molecular weight is 539 g/mol. The van der Waals surface area contributed by atoms with Gasteiger partial charge >= 0.3 is 16.3 Å². The van der Waals surface area contributed by atoms with Crippen LogP contribution in [0.5, 0.6) is 0 Å². The molecule has 0 spiro atoms. The van der Waals surface area contributed by atoms with Gasteiger partial charge in [-0.15, -0.1) is 23.1 Å². The monoisotopic (exact) mass is 538 g/mol. The van der Waals surface area contributed by atoms with Crippen LogP contribution >= 0.6 is 23.1 Å². The number of carbonyl (C=O) groups excluding carboxylic acids is 3. The molecule has 34 heavy (non-hydrogen) atoms. The summed E-state index contributed by atoms with van der Waals surface area (Å²) in [5, 5.41) is 17.7. The summed E-state index contributed by atoms with van der Waals surface area (Å²) >= 11 is 1.84. The number of carbonyl (C=O) groups is 4. The molecule has 0 aromatic carbocycles. The van der Waals surface area contributed by atoms with E-state index in [0.29, 0.717) is 0 Å². The van der Waals surface area contributed by atoms with Gasteiger partial charge in [-0.2, -0.15) is 12.7 Å². The van der Waals surface area contributed by atoms with Gasteiger partial charge in [0.2, 0.25) is 11.5 Å². The summed E-state index contributed by atoms with van der Waals surface area (Å²) in [6.07, 6.45) is 0. The number of carboxylic acids is 1. The molecular weight excluding hydrogens is 516 g/mol. The van der Waals surface area contributed by atoms with Gasteiger partial charge in [0.1, 0.15) is 17.1 Å². The number of hydrogen-bond donors (Lipinski definition) is 5. The number of carboxylic acid groups (broad SMARTS) is 1. The van der Waals surface area contributed by atoms with Crippen molar-refractivity contribution in [2.24, 2.45) is 5.16 Å². The van der Waals surface area contributed by atoms with Crippen LogP contribution in [0.1, 0.15) is 26.5 Å². The van der Waals surface area contributed by atoms with Crippen molar-refractivity contribution in [3.63, 3.8) is 0 Å². The van der Waals surface area contributed by atoms with Crippen molar-refractivity contribution >= 4 is 67.9 Å². The smallest absolute Gasteiger partial charge is 0.363 e. The first-order chi connectivity index (χ1) is 15.6. The standard InChI is InChI=1S/C16H22N6O9S3/c1-7(23)18-4-5-32-13-10(12(25)22(13)34(28,29)30)20-11(24)9(8-6-33-15(17)19-8)21-31-16(2,3)14(26)27/h6,10,13H,4-5H2,1-3H3,(H2,17,19)(H,18,23)(H,20,24)(H,26,27)(H,28,29,30)/b21-9+. The number of aliphatic carboxylic acids is 1. The second-order valence-electron chi connectivity index (χ2n) is 7.22. The predicted molar refractivity (Wildman–Crippen MR) is 121 cm³/mol. The largest absolute Gasteiger partial charge is 0.478 e. The van der Waals surface area contributed by atoms with Crippen LogP contribution in [0.25, 0.3) is 0 Å². The fourth-order valence-corrected chi connectivity index (χ4v) is 5.26. The molecule has 0 bridgehead atoms. The molecule has 2 rings (SSSR count). The number of thioether (sulfide) groups is 1. The maximum absolute atomic E-state index is 12.9. The summed E-state index contributed by atoms with van der Waals surface area (Å²) in [7, 11) is -4.92. The van der Waals surface area contributed by atoms with Crippen LogP contribution in [0.2, 0.25) is 0 Å². The number of thiazole rings is 1. The number of amides is 3. The maximum atomic E-state index is 12.9. The third kappa shape index (κ3) is 6.55. The lowest BCUT2D eigenvalue weighted by Crippen LogP contribution is -2.71. The molecule has 1 aromatic heterocycles. The molecule has 3 amide bonds. The van der Waals surface area contributed by atoms with Crippen LogP contribution < -0.4 is 16.4 Å². The number of nitrogens with two attached hydrogens (primary N) is 1. The molecular formula is C16H22N6O9S3. The quantitative estimate of drug-likeness (QED) is 0.0722. The van der Waals surface area contributed by atoms with Crippen molar-refractivity contribution in [2.45, 2.75) is 37.8 Å². The molecule has 15 nitrogen and oxygen atoms in total. The molecule has 2 unspecified atom stereocenters. The van der Waals surface area contributed by atoms with Crippen molar-refractivity contribution in [1.82, 2.24) is 19.9 Å². The van der Waals surface area contributed by atoms with E-state index >= 15 is 0 Å². The van der Waals surface area contributed by atoms with Crippen LogP contribution in [0.3, 0.4) is 0 Å². The van der Waals surface area contributed by atoms with Gasteiger partial charge in [-0.25, -0.2) is 9.78 Å². The Morgan fingerprint density at radius 3 is 2.56 bits per heavy atom.